The number of fused-ring (bicyclic) bond motifs is 1. The highest BCUT2D eigenvalue weighted by molar-refractivity contribution is 6.35. The topological polar surface area (TPSA) is 56.3 Å². The second-order valence-corrected chi connectivity index (χ2v) is 5.17. The van der Waals surface area contributed by atoms with E-state index < -0.39 is 0 Å². The van der Waals surface area contributed by atoms with E-state index in [0.29, 0.717) is 10.7 Å². The van der Waals surface area contributed by atoms with Crippen LogP contribution in [0, 0.1) is 0 Å². The number of hydrogen-bond acceptors (Lipinski definition) is 4. The van der Waals surface area contributed by atoms with Gasteiger partial charge in [0.1, 0.15) is 0 Å². The Balaban J connectivity index is 1.77. The molecule has 1 aromatic carbocycles. The van der Waals surface area contributed by atoms with E-state index in [2.05, 4.69) is 10.00 Å². The summed E-state index contributed by atoms with van der Waals surface area (Å²) in [5.74, 6) is 0. The molecule has 0 amide bonds. The maximum atomic E-state index is 6.26. The molecule has 5 nitrogen and oxygen atoms in total. The first kappa shape index (κ1) is 12.7. The quantitative estimate of drug-likeness (QED) is 0.868. The van der Waals surface area contributed by atoms with Gasteiger partial charge in [0, 0.05) is 30.7 Å². The van der Waals surface area contributed by atoms with E-state index in [4.69, 9.17) is 22.1 Å². The van der Waals surface area contributed by atoms with Crippen LogP contribution >= 0.6 is 11.6 Å². The van der Waals surface area contributed by atoms with Gasteiger partial charge in [-0.05, 0) is 12.1 Å². The van der Waals surface area contributed by atoms with Crippen LogP contribution < -0.4 is 5.73 Å². The van der Waals surface area contributed by atoms with Crippen LogP contribution in [0.15, 0.2) is 18.3 Å². The van der Waals surface area contributed by atoms with Crippen LogP contribution in [-0.4, -0.2) is 47.5 Å². The highest BCUT2D eigenvalue weighted by Crippen LogP contribution is 2.26. The maximum absolute atomic E-state index is 6.26. The molecule has 19 heavy (non-hydrogen) atoms. The summed E-state index contributed by atoms with van der Waals surface area (Å²) >= 11 is 6.26. The Hall–Kier alpha value is -1.30. The third-order valence-corrected chi connectivity index (χ3v) is 3.73. The molecule has 1 saturated heterocycles. The number of morpholine rings is 1. The monoisotopic (exact) mass is 280 g/mol. The molecule has 2 N–H and O–H groups in total. The molecule has 1 aromatic heterocycles. The molecule has 0 aliphatic carbocycles. The van der Waals surface area contributed by atoms with Gasteiger partial charge in [0.05, 0.1) is 36.5 Å². The smallest absolute Gasteiger partial charge is 0.0870 e. The zero-order valence-electron chi connectivity index (χ0n) is 10.7. The van der Waals surface area contributed by atoms with Gasteiger partial charge in [-0.25, -0.2) is 0 Å². The Bertz CT molecular complexity index is 577. The number of ether oxygens (including phenoxy) is 1. The number of hydrogen-bond donors (Lipinski definition) is 1. The normalized spacial score (nSPS) is 17.1. The maximum Gasteiger partial charge on any atom is 0.0870 e. The Labute approximate surface area is 116 Å². The van der Waals surface area contributed by atoms with E-state index >= 15 is 0 Å². The molecule has 1 fully saturated rings. The lowest BCUT2D eigenvalue weighted by Gasteiger charge is -2.26. The molecule has 2 aromatic rings. The summed E-state index contributed by atoms with van der Waals surface area (Å²) < 4.78 is 7.29. The number of aromatic nitrogens is 2. The predicted molar refractivity (Wildman–Crippen MR) is 76.4 cm³/mol. The first-order valence-corrected chi connectivity index (χ1v) is 6.82. The van der Waals surface area contributed by atoms with Crippen molar-refractivity contribution in [2.24, 2.45) is 0 Å². The number of nitrogen functional groups attached to an aromatic ring is 1. The summed E-state index contributed by atoms with van der Waals surface area (Å²) in [5, 5.41) is 6.05. The molecular formula is C13H17ClN4O. The van der Waals surface area contributed by atoms with Crippen LogP contribution in [0.1, 0.15) is 0 Å². The summed E-state index contributed by atoms with van der Waals surface area (Å²) in [6.07, 6.45) is 1.82. The fourth-order valence-electron chi connectivity index (χ4n) is 2.43. The van der Waals surface area contributed by atoms with Gasteiger partial charge in [0.15, 0.2) is 0 Å². The van der Waals surface area contributed by atoms with Crippen molar-refractivity contribution in [3.63, 3.8) is 0 Å². The SMILES string of the molecule is Nc1cc(Cl)c2c(cnn2CCN2CCOCC2)c1. The van der Waals surface area contributed by atoms with Crippen LogP contribution in [0.3, 0.4) is 0 Å². The van der Waals surface area contributed by atoms with Gasteiger partial charge in [-0.15, -0.1) is 0 Å². The summed E-state index contributed by atoms with van der Waals surface area (Å²) in [7, 11) is 0. The lowest BCUT2D eigenvalue weighted by atomic mass is 10.2. The predicted octanol–water partition coefficient (Wildman–Crippen LogP) is 1.60. The van der Waals surface area contributed by atoms with E-state index in [1.807, 2.05) is 16.9 Å². The standard InChI is InChI=1S/C13H17ClN4O/c14-12-8-11(15)7-10-9-16-18(13(10)12)2-1-17-3-5-19-6-4-17/h7-9H,1-6,15H2. The van der Waals surface area contributed by atoms with Crippen molar-refractivity contribution in [2.75, 3.05) is 38.6 Å². The van der Waals surface area contributed by atoms with E-state index in [1.165, 1.54) is 0 Å². The fourth-order valence-corrected chi connectivity index (χ4v) is 2.77. The first-order chi connectivity index (χ1) is 9.24. The molecule has 0 saturated carbocycles. The van der Waals surface area contributed by atoms with Gasteiger partial charge in [-0.3, -0.25) is 9.58 Å². The van der Waals surface area contributed by atoms with Gasteiger partial charge >= 0.3 is 0 Å². The highest BCUT2D eigenvalue weighted by Gasteiger charge is 2.12. The molecule has 0 radical (unpaired) electrons. The van der Waals surface area contributed by atoms with Crippen molar-refractivity contribution in [1.82, 2.24) is 14.7 Å². The zero-order valence-corrected chi connectivity index (χ0v) is 11.4. The van der Waals surface area contributed by atoms with Crippen molar-refractivity contribution in [3.8, 4) is 0 Å². The number of halogens is 1. The summed E-state index contributed by atoms with van der Waals surface area (Å²) in [6.45, 7) is 5.39. The molecule has 3 rings (SSSR count). The van der Waals surface area contributed by atoms with Crippen molar-refractivity contribution < 1.29 is 4.74 Å². The molecule has 6 heteroatoms. The van der Waals surface area contributed by atoms with Crippen molar-refractivity contribution in [1.29, 1.82) is 0 Å². The summed E-state index contributed by atoms with van der Waals surface area (Å²) in [5.41, 5.74) is 7.41. The third kappa shape index (κ3) is 2.68. The molecule has 102 valence electrons. The number of nitrogens with two attached hydrogens (primary N) is 1. The largest absolute Gasteiger partial charge is 0.399 e. The molecule has 0 atom stereocenters. The number of anilines is 1. The van der Waals surface area contributed by atoms with Crippen LogP contribution in [0.4, 0.5) is 5.69 Å². The van der Waals surface area contributed by atoms with Crippen molar-refractivity contribution in [3.05, 3.63) is 23.4 Å². The zero-order chi connectivity index (χ0) is 13.2. The number of benzene rings is 1. The second kappa shape index (κ2) is 5.36. The molecule has 2 heterocycles. The van der Waals surface area contributed by atoms with Crippen LogP contribution in [0.5, 0.6) is 0 Å². The van der Waals surface area contributed by atoms with Crippen LogP contribution in [0.25, 0.3) is 10.9 Å². The highest BCUT2D eigenvalue weighted by atomic mass is 35.5. The Morgan fingerprint density at radius 3 is 2.84 bits per heavy atom. The van der Waals surface area contributed by atoms with E-state index in [-0.39, 0.29) is 0 Å². The van der Waals surface area contributed by atoms with Gasteiger partial charge in [-0.1, -0.05) is 11.6 Å². The molecule has 0 spiro atoms. The molecular weight excluding hydrogens is 264 g/mol. The Morgan fingerprint density at radius 1 is 1.26 bits per heavy atom. The second-order valence-electron chi connectivity index (χ2n) is 4.76. The minimum Gasteiger partial charge on any atom is -0.399 e. The minimum absolute atomic E-state index is 0.662. The number of nitrogens with zero attached hydrogens (tertiary/aromatic N) is 3. The third-order valence-electron chi connectivity index (χ3n) is 3.44. The lowest BCUT2D eigenvalue weighted by molar-refractivity contribution is 0.0361. The van der Waals surface area contributed by atoms with Crippen LogP contribution in [-0.2, 0) is 11.3 Å². The molecule has 1 aliphatic rings. The van der Waals surface area contributed by atoms with Crippen molar-refractivity contribution in [2.45, 2.75) is 6.54 Å². The van der Waals surface area contributed by atoms with E-state index in [9.17, 15) is 0 Å². The molecule has 0 unspecified atom stereocenters. The average Bonchev–Trinajstić information content (AvgIpc) is 2.81. The fraction of sp³-hybridized carbons (Fsp3) is 0.462. The summed E-state index contributed by atoms with van der Waals surface area (Å²) in [4.78, 5) is 2.38. The molecule has 0 bridgehead atoms. The van der Waals surface area contributed by atoms with Gasteiger partial charge in [0.25, 0.3) is 0 Å². The van der Waals surface area contributed by atoms with Crippen molar-refractivity contribution >= 4 is 28.2 Å². The average molecular weight is 281 g/mol. The van der Waals surface area contributed by atoms with Crippen LogP contribution in [0.2, 0.25) is 5.02 Å². The Morgan fingerprint density at radius 2 is 2.05 bits per heavy atom. The van der Waals surface area contributed by atoms with Gasteiger partial charge in [0.2, 0.25) is 0 Å². The van der Waals surface area contributed by atoms with E-state index in [1.54, 1.807) is 6.07 Å². The summed E-state index contributed by atoms with van der Waals surface area (Å²) in [6, 6.07) is 3.68. The van der Waals surface area contributed by atoms with E-state index in [0.717, 1.165) is 50.3 Å². The van der Waals surface area contributed by atoms with Gasteiger partial charge < -0.3 is 10.5 Å². The first-order valence-electron chi connectivity index (χ1n) is 6.45. The Kier molecular flexibility index (Phi) is 3.59. The number of rotatable bonds is 3. The van der Waals surface area contributed by atoms with Gasteiger partial charge in [-0.2, -0.15) is 5.10 Å². The minimum atomic E-state index is 0.662. The lowest BCUT2D eigenvalue weighted by Crippen LogP contribution is -2.38. The molecule has 1 aliphatic heterocycles.